The smallest absolute Gasteiger partial charge is 0.242 e. The maximum Gasteiger partial charge on any atom is 0.242 e. The Morgan fingerprint density at radius 3 is 2.33 bits per heavy atom. The molecule has 0 saturated carbocycles. The van der Waals surface area contributed by atoms with Crippen molar-refractivity contribution in [3.05, 3.63) is 71.0 Å². The number of hydrogen-bond acceptors (Lipinski definition) is 2. The average Bonchev–Trinajstić information content (AvgIpc) is 2.65. The topological polar surface area (TPSA) is 49.4 Å². The van der Waals surface area contributed by atoms with Crippen LogP contribution >= 0.6 is 0 Å². The molecular weight excluding hydrogens is 343 g/mol. The highest BCUT2D eigenvalue weighted by molar-refractivity contribution is 5.88. The molecular formula is C22H27FN2O2. The molecule has 0 saturated heterocycles. The first-order valence-electron chi connectivity index (χ1n) is 9.32. The average molecular weight is 370 g/mol. The molecule has 0 spiro atoms. The van der Waals surface area contributed by atoms with Crippen LogP contribution in [-0.2, 0) is 22.6 Å². The molecule has 0 radical (unpaired) electrons. The fraction of sp³-hybridized carbons (Fsp3) is 0.364. The monoisotopic (exact) mass is 370 g/mol. The van der Waals surface area contributed by atoms with E-state index in [9.17, 15) is 14.0 Å². The molecule has 2 rings (SSSR count). The van der Waals surface area contributed by atoms with Crippen molar-refractivity contribution in [2.24, 2.45) is 0 Å². The molecule has 5 heteroatoms. The van der Waals surface area contributed by atoms with Gasteiger partial charge in [-0.15, -0.1) is 0 Å². The van der Waals surface area contributed by atoms with Crippen LogP contribution in [-0.4, -0.2) is 29.3 Å². The minimum absolute atomic E-state index is 0.127. The lowest BCUT2D eigenvalue weighted by Crippen LogP contribution is -2.49. The minimum atomic E-state index is -0.544. The second kappa shape index (κ2) is 9.86. The third-order valence-electron chi connectivity index (χ3n) is 4.61. The molecule has 2 aromatic rings. The standard InChI is InChI=1S/C22H27FN2O2/c1-4-20(22(27)24-5-2)25(15-18-9-7-6-8-16(18)3)21(26)14-17-10-12-19(23)13-11-17/h6-13,20H,4-5,14-15H2,1-3H3,(H,24,27). The molecule has 27 heavy (non-hydrogen) atoms. The second-order valence-electron chi connectivity index (χ2n) is 6.57. The van der Waals surface area contributed by atoms with Gasteiger partial charge in [0.05, 0.1) is 6.42 Å². The highest BCUT2D eigenvalue weighted by Gasteiger charge is 2.28. The lowest BCUT2D eigenvalue weighted by atomic mass is 10.0. The number of amides is 2. The summed E-state index contributed by atoms with van der Waals surface area (Å²) in [5.74, 6) is -0.638. The quantitative estimate of drug-likeness (QED) is 0.772. The number of hydrogen-bond donors (Lipinski definition) is 1. The molecule has 1 N–H and O–H groups in total. The second-order valence-corrected chi connectivity index (χ2v) is 6.57. The van der Waals surface area contributed by atoms with Crippen LogP contribution in [0.2, 0.25) is 0 Å². The highest BCUT2D eigenvalue weighted by Crippen LogP contribution is 2.17. The lowest BCUT2D eigenvalue weighted by molar-refractivity contribution is -0.140. The Morgan fingerprint density at radius 1 is 1.07 bits per heavy atom. The SMILES string of the molecule is CCNC(=O)C(CC)N(Cc1ccccc1C)C(=O)Cc1ccc(F)cc1. The molecule has 2 amide bonds. The number of nitrogens with zero attached hydrogens (tertiary/aromatic N) is 1. The van der Waals surface area contributed by atoms with Crippen LogP contribution < -0.4 is 5.32 Å². The van der Waals surface area contributed by atoms with E-state index in [-0.39, 0.29) is 24.1 Å². The molecule has 144 valence electrons. The third kappa shape index (κ3) is 5.64. The number of nitrogens with one attached hydrogen (secondary N) is 1. The summed E-state index contributed by atoms with van der Waals surface area (Å²) >= 11 is 0. The van der Waals surface area contributed by atoms with Gasteiger partial charge in [0.25, 0.3) is 0 Å². The van der Waals surface area contributed by atoms with Gasteiger partial charge in [-0.1, -0.05) is 43.3 Å². The first kappa shape index (κ1) is 20.6. The molecule has 1 unspecified atom stereocenters. The molecule has 0 bridgehead atoms. The van der Waals surface area contributed by atoms with Gasteiger partial charge < -0.3 is 10.2 Å². The predicted octanol–water partition coefficient (Wildman–Crippen LogP) is 3.62. The number of likely N-dealkylation sites (N-methyl/N-ethyl adjacent to an activating group) is 1. The molecule has 0 aliphatic carbocycles. The Bertz CT molecular complexity index is 774. The van der Waals surface area contributed by atoms with Gasteiger partial charge in [-0.25, -0.2) is 4.39 Å². The summed E-state index contributed by atoms with van der Waals surface area (Å²) < 4.78 is 13.1. The van der Waals surface area contributed by atoms with Crippen molar-refractivity contribution in [1.82, 2.24) is 10.2 Å². The van der Waals surface area contributed by atoms with Crippen LogP contribution in [0.15, 0.2) is 48.5 Å². The molecule has 1 atom stereocenters. The summed E-state index contributed by atoms with van der Waals surface area (Å²) in [6.07, 6.45) is 0.648. The predicted molar refractivity (Wildman–Crippen MR) is 105 cm³/mol. The normalized spacial score (nSPS) is 11.7. The van der Waals surface area contributed by atoms with E-state index in [1.165, 1.54) is 12.1 Å². The van der Waals surface area contributed by atoms with Crippen LogP contribution in [0.3, 0.4) is 0 Å². The molecule has 0 aliphatic heterocycles. The number of benzene rings is 2. The summed E-state index contributed by atoms with van der Waals surface area (Å²) in [5, 5.41) is 2.82. The summed E-state index contributed by atoms with van der Waals surface area (Å²) in [7, 11) is 0. The van der Waals surface area contributed by atoms with Gasteiger partial charge in [0.15, 0.2) is 0 Å². The summed E-state index contributed by atoms with van der Waals surface area (Å²) in [6, 6.07) is 13.2. The van der Waals surface area contributed by atoms with Crippen molar-refractivity contribution in [3.8, 4) is 0 Å². The van der Waals surface area contributed by atoms with E-state index >= 15 is 0 Å². The van der Waals surface area contributed by atoms with E-state index in [2.05, 4.69) is 5.32 Å². The van der Waals surface area contributed by atoms with Gasteiger partial charge in [-0.3, -0.25) is 9.59 Å². The van der Waals surface area contributed by atoms with Crippen molar-refractivity contribution in [2.45, 2.75) is 46.2 Å². The number of carbonyl (C=O) groups excluding carboxylic acids is 2. The first-order chi connectivity index (χ1) is 13.0. The van der Waals surface area contributed by atoms with Gasteiger partial charge in [0.2, 0.25) is 11.8 Å². The summed E-state index contributed by atoms with van der Waals surface area (Å²) in [5.41, 5.74) is 2.80. The summed E-state index contributed by atoms with van der Waals surface area (Å²) in [6.45, 7) is 6.62. The van der Waals surface area contributed by atoms with E-state index < -0.39 is 6.04 Å². The van der Waals surface area contributed by atoms with E-state index in [1.54, 1.807) is 17.0 Å². The van der Waals surface area contributed by atoms with Crippen LogP contribution in [0.25, 0.3) is 0 Å². The van der Waals surface area contributed by atoms with E-state index in [1.807, 2.05) is 45.0 Å². The zero-order chi connectivity index (χ0) is 19.8. The van der Waals surface area contributed by atoms with Crippen molar-refractivity contribution < 1.29 is 14.0 Å². The number of carbonyl (C=O) groups is 2. The Kier molecular flexibility index (Phi) is 7.53. The highest BCUT2D eigenvalue weighted by atomic mass is 19.1. The number of halogens is 1. The van der Waals surface area contributed by atoms with Gasteiger partial charge in [-0.05, 0) is 49.1 Å². The molecule has 0 heterocycles. The Hall–Kier alpha value is -2.69. The molecule has 2 aromatic carbocycles. The lowest BCUT2D eigenvalue weighted by Gasteiger charge is -2.31. The van der Waals surface area contributed by atoms with Crippen molar-refractivity contribution in [3.63, 3.8) is 0 Å². The molecule has 4 nitrogen and oxygen atoms in total. The Labute approximate surface area is 160 Å². The molecule has 0 aliphatic rings. The third-order valence-corrected chi connectivity index (χ3v) is 4.61. The first-order valence-corrected chi connectivity index (χ1v) is 9.32. The number of rotatable bonds is 8. The van der Waals surface area contributed by atoms with Crippen molar-refractivity contribution in [1.29, 1.82) is 0 Å². The van der Waals surface area contributed by atoms with E-state index in [4.69, 9.17) is 0 Å². The fourth-order valence-electron chi connectivity index (χ4n) is 3.06. The van der Waals surface area contributed by atoms with Gasteiger partial charge in [-0.2, -0.15) is 0 Å². The van der Waals surface area contributed by atoms with Crippen LogP contribution in [0, 0.1) is 12.7 Å². The Morgan fingerprint density at radius 2 is 1.74 bits per heavy atom. The van der Waals surface area contributed by atoms with Crippen LogP contribution in [0.4, 0.5) is 4.39 Å². The summed E-state index contributed by atoms with van der Waals surface area (Å²) in [4.78, 5) is 27.2. The zero-order valence-electron chi connectivity index (χ0n) is 16.2. The van der Waals surface area contributed by atoms with Crippen molar-refractivity contribution in [2.75, 3.05) is 6.54 Å². The fourth-order valence-corrected chi connectivity index (χ4v) is 3.06. The largest absolute Gasteiger partial charge is 0.355 e. The molecule has 0 aromatic heterocycles. The van der Waals surface area contributed by atoms with Crippen LogP contribution in [0.5, 0.6) is 0 Å². The van der Waals surface area contributed by atoms with Gasteiger partial charge >= 0.3 is 0 Å². The van der Waals surface area contributed by atoms with Crippen molar-refractivity contribution >= 4 is 11.8 Å². The van der Waals surface area contributed by atoms with Gasteiger partial charge in [0.1, 0.15) is 11.9 Å². The maximum absolute atomic E-state index is 13.1. The maximum atomic E-state index is 13.1. The van der Waals surface area contributed by atoms with Gasteiger partial charge in [0, 0.05) is 13.1 Å². The number of aryl methyl sites for hydroxylation is 1. The van der Waals surface area contributed by atoms with E-state index in [0.717, 1.165) is 16.7 Å². The van der Waals surface area contributed by atoms with Crippen LogP contribution in [0.1, 0.15) is 37.0 Å². The molecule has 0 fully saturated rings. The Balaban J connectivity index is 2.29. The zero-order valence-corrected chi connectivity index (χ0v) is 16.2. The van der Waals surface area contributed by atoms with E-state index in [0.29, 0.717) is 19.5 Å². The minimum Gasteiger partial charge on any atom is -0.355 e.